The summed E-state index contributed by atoms with van der Waals surface area (Å²) in [5.41, 5.74) is 1.35. The van der Waals surface area contributed by atoms with Crippen molar-refractivity contribution in [3.8, 4) is 5.75 Å². The third-order valence-electron chi connectivity index (χ3n) is 5.51. The Hall–Kier alpha value is -1.75. The Morgan fingerprint density at radius 1 is 1.46 bits per heavy atom. The van der Waals surface area contributed by atoms with Crippen molar-refractivity contribution in [2.45, 2.75) is 39.0 Å². The van der Waals surface area contributed by atoms with E-state index in [-0.39, 0.29) is 5.41 Å². The van der Waals surface area contributed by atoms with Gasteiger partial charge in [-0.05, 0) is 24.1 Å². The van der Waals surface area contributed by atoms with Crippen molar-refractivity contribution in [3.63, 3.8) is 0 Å². The lowest BCUT2D eigenvalue weighted by Gasteiger charge is -2.55. The first-order valence-electron chi connectivity index (χ1n) is 8.66. The predicted octanol–water partition coefficient (Wildman–Crippen LogP) is 2.52. The number of rotatable bonds is 4. The Labute approximate surface area is 145 Å². The second-order valence-corrected chi connectivity index (χ2v) is 7.44. The zero-order valence-corrected chi connectivity index (χ0v) is 15.4. The van der Waals surface area contributed by atoms with E-state index in [1.54, 1.807) is 7.11 Å². The summed E-state index contributed by atoms with van der Waals surface area (Å²) in [6.07, 6.45) is 1.53. The molecule has 3 rings (SSSR count). The Morgan fingerprint density at radius 3 is 2.96 bits per heavy atom. The van der Waals surface area contributed by atoms with E-state index in [1.807, 2.05) is 19.2 Å². The first-order chi connectivity index (χ1) is 11.5. The average molecular weight is 331 g/mol. The molecule has 1 saturated heterocycles. The molecule has 0 amide bonds. The molecule has 0 radical (unpaired) electrons. The molecule has 5 heteroatoms. The van der Waals surface area contributed by atoms with E-state index in [4.69, 9.17) is 9.47 Å². The van der Waals surface area contributed by atoms with E-state index >= 15 is 0 Å². The van der Waals surface area contributed by atoms with Crippen LogP contribution in [0.1, 0.15) is 25.8 Å². The Balaban J connectivity index is 1.65. The number of hydrogen-bond acceptors (Lipinski definition) is 3. The highest BCUT2D eigenvalue weighted by molar-refractivity contribution is 5.80. The predicted molar refractivity (Wildman–Crippen MR) is 96.4 cm³/mol. The molecule has 132 valence electrons. The smallest absolute Gasteiger partial charge is 0.193 e. The number of ether oxygens (including phenoxy) is 2. The maximum atomic E-state index is 5.89. The van der Waals surface area contributed by atoms with Crippen molar-refractivity contribution < 1.29 is 9.47 Å². The number of guanidine groups is 1. The fraction of sp³-hybridized carbons (Fsp3) is 0.632. The van der Waals surface area contributed by atoms with Gasteiger partial charge < -0.3 is 19.7 Å². The Kier molecular flexibility index (Phi) is 4.72. The van der Waals surface area contributed by atoms with E-state index in [0.717, 1.165) is 31.3 Å². The zero-order chi connectivity index (χ0) is 17.3. The van der Waals surface area contributed by atoms with Crippen LogP contribution in [-0.2, 0) is 11.3 Å². The summed E-state index contributed by atoms with van der Waals surface area (Å²) in [6.45, 7) is 6.24. The van der Waals surface area contributed by atoms with Crippen LogP contribution in [0.25, 0.3) is 0 Å². The number of benzene rings is 1. The number of hydrogen-bond donors (Lipinski definition) is 1. The lowest BCUT2D eigenvalue weighted by Crippen LogP contribution is -2.67. The number of methoxy groups -OCH3 is 1. The van der Waals surface area contributed by atoms with Crippen molar-refractivity contribution in [1.29, 1.82) is 0 Å². The van der Waals surface area contributed by atoms with Crippen molar-refractivity contribution in [1.82, 2.24) is 10.2 Å². The van der Waals surface area contributed by atoms with Gasteiger partial charge in [0.1, 0.15) is 5.75 Å². The summed E-state index contributed by atoms with van der Waals surface area (Å²) in [5, 5.41) is 3.68. The fourth-order valence-corrected chi connectivity index (χ4v) is 4.22. The summed E-state index contributed by atoms with van der Waals surface area (Å²) in [4.78, 5) is 6.65. The van der Waals surface area contributed by atoms with Gasteiger partial charge in [-0.15, -0.1) is 0 Å². The molecule has 1 aromatic carbocycles. The molecule has 24 heavy (non-hydrogen) atoms. The van der Waals surface area contributed by atoms with Gasteiger partial charge in [0.05, 0.1) is 13.2 Å². The molecule has 3 unspecified atom stereocenters. The van der Waals surface area contributed by atoms with Gasteiger partial charge in [0, 0.05) is 44.6 Å². The molecule has 1 aliphatic carbocycles. The zero-order valence-electron chi connectivity index (χ0n) is 15.4. The highest BCUT2D eigenvalue weighted by atomic mass is 16.5. The second kappa shape index (κ2) is 6.63. The van der Waals surface area contributed by atoms with Crippen LogP contribution in [-0.4, -0.2) is 50.8 Å². The topological polar surface area (TPSA) is 46.1 Å². The van der Waals surface area contributed by atoms with E-state index in [9.17, 15) is 0 Å². The fourth-order valence-electron chi connectivity index (χ4n) is 4.22. The summed E-state index contributed by atoms with van der Waals surface area (Å²) < 4.78 is 11.2. The third-order valence-corrected chi connectivity index (χ3v) is 5.51. The SMILES string of the molecule is CN=C(NC1C2CCOC2C1(C)C)N(C)Cc1cccc(OC)c1. The van der Waals surface area contributed by atoms with Crippen molar-refractivity contribution in [2.24, 2.45) is 16.3 Å². The van der Waals surface area contributed by atoms with Crippen LogP contribution in [0.15, 0.2) is 29.3 Å². The number of nitrogens with one attached hydrogen (secondary N) is 1. The molecule has 1 saturated carbocycles. The second-order valence-electron chi connectivity index (χ2n) is 7.44. The molecule has 1 aromatic rings. The number of fused-ring (bicyclic) bond motifs is 1. The maximum absolute atomic E-state index is 5.89. The molecular formula is C19H29N3O2. The van der Waals surface area contributed by atoms with E-state index in [1.165, 1.54) is 5.56 Å². The number of aliphatic imine (C=N–C) groups is 1. The molecule has 0 spiro atoms. The van der Waals surface area contributed by atoms with E-state index in [0.29, 0.717) is 18.1 Å². The van der Waals surface area contributed by atoms with Crippen LogP contribution in [0.5, 0.6) is 5.75 Å². The van der Waals surface area contributed by atoms with Gasteiger partial charge in [-0.3, -0.25) is 4.99 Å². The molecule has 1 aliphatic heterocycles. The quantitative estimate of drug-likeness (QED) is 0.680. The minimum absolute atomic E-state index is 0.147. The maximum Gasteiger partial charge on any atom is 0.193 e. The number of nitrogens with zero attached hydrogens (tertiary/aromatic N) is 2. The van der Waals surface area contributed by atoms with Gasteiger partial charge in [-0.1, -0.05) is 26.0 Å². The summed E-state index contributed by atoms with van der Waals surface area (Å²) in [6, 6.07) is 8.58. The van der Waals surface area contributed by atoms with Gasteiger partial charge in [0.15, 0.2) is 5.96 Å². The van der Waals surface area contributed by atoms with E-state index in [2.05, 4.69) is 48.2 Å². The largest absolute Gasteiger partial charge is 0.497 e. The minimum Gasteiger partial charge on any atom is -0.497 e. The van der Waals surface area contributed by atoms with Gasteiger partial charge >= 0.3 is 0 Å². The van der Waals surface area contributed by atoms with Gasteiger partial charge in [-0.2, -0.15) is 0 Å². The normalized spacial score (nSPS) is 28.0. The summed E-state index contributed by atoms with van der Waals surface area (Å²) >= 11 is 0. The molecular weight excluding hydrogens is 302 g/mol. The molecule has 0 aromatic heterocycles. The van der Waals surface area contributed by atoms with Crippen molar-refractivity contribution in [2.75, 3.05) is 27.8 Å². The third kappa shape index (κ3) is 2.97. The average Bonchev–Trinajstić information content (AvgIpc) is 3.02. The molecule has 1 N–H and O–H groups in total. The summed E-state index contributed by atoms with van der Waals surface area (Å²) in [5.74, 6) is 2.41. The van der Waals surface area contributed by atoms with Crippen molar-refractivity contribution in [3.05, 3.63) is 29.8 Å². The van der Waals surface area contributed by atoms with Crippen LogP contribution in [0.2, 0.25) is 0 Å². The molecule has 2 aliphatic rings. The lowest BCUT2D eigenvalue weighted by atomic mass is 9.57. The Morgan fingerprint density at radius 2 is 2.25 bits per heavy atom. The van der Waals surface area contributed by atoms with Gasteiger partial charge in [-0.25, -0.2) is 0 Å². The molecule has 3 atom stereocenters. The molecule has 2 fully saturated rings. The highest BCUT2D eigenvalue weighted by Gasteiger charge is 2.59. The first kappa shape index (κ1) is 17.1. The summed E-state index contributed by atoms with van der Waals surface area (Å²) in [7, 11) is 5.61. The van der Waals surface area contributed by atoms with Crippen molar-refractivity contribution >= 4 is 5.96 Å². The van der Waals surface area contributed by atoms with Crippen LogP contribution >= 0.6 is 0 Å². The lowest BCUT2D eigenvalue weighted by molar-refractivity contribution is -0.107. The van der Waals surface area contributed by atoms with Crippen LogP contribution in [0, 0.1) is 11.3 Å². The van der Waals surface area contributed by atoms with E-state index < -0.39 is 0 Å². The van der Waals surface area contributed by atoms with Crippen LogP contribution < -0.4 is 10.1 Å². The molecule has 0 bridgehead atoms. The van der Waals surface area contributed by atoms with Crippen LogP contribution in [0.3, 0.4) is 0 Å². The molecule has 1 heterocycles. The standard InChI is InChI=1S/C19H29N3O2/c1-19(2)16(15-9-10-24-17(15)19)21-18(20-3)22(4)12-13-7-6-8-14(11-13)23-5/h6-8,11,15-17H,9-10,12H2,1-5H3,(H,20,21). The Bertz CT molecular complexity index is 614. The van der Waals surface area contributed by atoms with Crippen LogP contribution in [0.4, 0.5) is 0 Å². The minimum atomic E-state index is 0.147. The van der Waals surface area contributed by atoms with Gasteiger partial charge in [0.2, 0.25) is 0 Å². The monoisotopic (exact) mass is 331 g/mol. The van der Waals surface area contributed by atoms with Gasteiger partial charge in [0.25, 0.3) is 0 Å². The highest BCUT2D eigenvalue weighted by Crippen LogP contribution is 2.52. The first-order valence-corrected chi connectivity index (χ1v) is 8.66. The molecule has 5 nitrogen and oxygen atoms in total.